The van der Waals surface area contributed by atoms with E-state index in [1.807, 2.05) is 18.5 Å². The Kier molecular flexibility index (Phi) is 4.56. The number of pyridine rings is 1. The van der Waals surface area contributed by atoms with Gasteiger partial charge >= 0.3 is 0 Å². The third kappa shape index (κ3) is 3.46. The lowest BCUT2D eigenvalue weighted by Gasteiger charge is -2.27. The standard InChI is InChI=1S/C19H28N6/c1-14(16-5-4-9-20-11-16)25-10-8-17(12-25)23(2)13-18-21-22-19(24(18)3)15-6-7-15/h4-5,9,11,14-15,17H,6-8,10,12-13H2,1-3H3/t14-,17+/m0/s1. The molecule has 0 bridgehead atoms. The smallest absolute Gasteiger partial charge is 0.146 e. The number of hydrogen-bond donors (Lipinski definition) is 0. The molecule has 2 aromatic heterocycles. The van der Waals surface area contributed by atoms with Gasteiger partial charge in [-0.1, -0.05) is 6.07 Å². The maximum Gasteiger partial charge on any atom is 0.146 e. The van der Waals surface area contributed by atoms with Gasteiger partial charge in [0.05, 0.1) is 6.54 Å². The van der Waals surface area contributed by atoms with Crippen LogP contribution in [0, 0.1) is 0 Å². The van der Waals surface area contributed by atoms with Crippen LogP contribution in [-0.2, 0) is 13.6 Å². The predicted octanol–water partition coefficient (Wildman–Crippen LogP) is 2.35. The molecule has 1 saturated carbocycles. The minimum absolute atomic E-state index is 0.420. The molecule has 0 amide bonds. The van der Waals surface area contributed by atoms with Crippen molar-refractivity contribution in [2.45, 2.75) is 50.7 Å². The summed E-state index contributed by atoms with van der Waals surface area (Å²) in [5, 5.41) is 8.85. The van der Waals surface area contributed by atoms with Gasteiger partial charge in [0, 0.05) is 50.5 Å². The number of aromatic nitrogens is 4. The molecule has 25 heavy (non-hydrogen) atoms. The Morgan fingerprint density at radius 2 is 2.12 bits per heavy atom. The van der Waals surface area contributed by atoms with Gasteiger partial charge in [0.15, 0.2) is 0 Å². The highest BCUT2D eigenvalue weighted by atomic mass is 15.3. The van der Waals surface area contributed by atoms with Gasteiger partial charge in [-0.25, -0.2) is 0 Å². The van der Waals surface area contributed by atoms with Crippen LogP contribution in [0.1, 0.15) is 55.4 Å². The van der Waals surface area contributed by atoms with Gasteiger partial charge in [0.1, 0.15) is 11.6 Å². The van der Waals surface area contributed by atoms with Crippen LogP contribution in [0.25, 0.3) is 0 Å². The molecule has 134 valence electrons. The second kappa shape index (κ2) is 6.84. The van der Waals surface area contributed by atoms with Crippen LogP contribution in [0.4, 0.5) is 0 Å². The topological polar surface area (TPSA) is 50.1 Å². The molecule has 0 unspecified atom stereocenters. The summed E-state index contributed by atoms with van der Waals surface area (Å²) in [6.45, 7) is 5.39. The van der Waals surface area contributed by atoms with Gasteiger partial charge in [0.25, 0.3) is 0 Å². The van der Waals surface area contributed by atoms with Crippen molar-refractivity contribution < 1.29 is 0 Å². The van der Waals surface area contributed by atoms with E-state index >= 15 is 0 Å². The zero-order valence-corrected chi connectivity index (χ0v) is 15.5. The van der Waals surface area contributed by atoms with Crippen molar-refractivity contribution >= 4 is 0 Å². The van der Waals surface area contributed by atoms with E-state index in [-0.39, 0.29) is 0 Å². The van der Waals surface area contributed by atoms with Crippen molar-refractivity contribution in [3.05, 3.63) is 41.7 Å². The number of hydrogen-bond acceptors (Lipinski definition) is 5. The maximum atomic E-state index is 4.44. The molecule has 2 atom stereocenters. The van der Waals surface area contributed by atoms with E-state index in [0.29, 0.717) is 18.0 Å². The van der Waals surface area contributed by atoms with Gasteiger partial charge in [0.2, 0.25) is 0 Å². The van der Waals surface area contributed by atoms with Crippen LogP contribution in [0.5, 0.6) is 0 Å². The summed E-state index contributed by atoms with van der Waals surface area (Å²) in [6.07, 6.45) is 7.57. The largest absolute Gasteiger partial charge is 0.317 e. The van der Waals surface area contributed by atoms with Crippen LogP contribution < -0.4 is 0 Å². The predicted molar refractivity (Wildman–Crippen MR) is 97.1 cm³/mol. The fourth-order valence-electron chi connectivity index (χ4n) is 3.88. The van der Waals surface area contributed by atoms with Crippen molar-refractivity contribution in [3.63, 3.8) is 0 Å². The molecule has 6 heteroatoms. The molecule has 1 aliphatic heterocycles. The normalized spacial score (nSPS) is 22.6. The zero-order valence-electron chi connectivity index (χ0n) is 15.5. The van der Waals surface area contributed by atoms with Gasteiger partial charge < -0.3 is 4.57 Å². The summed E-state index contributed by atoms with van der Waals surface area (Å²) in [4.78, 5) is 9.26. The molecule has 2 aliphatic rings. The third-order valence-corrected chi connectivity index (χ3v) is 5.86. The third-order valence-electron chi connectivity index (χ3n) is 5.86. The van der Waals surface area contributed by atoms with E-state index in [9.17, 15) is 0 Å². The molecule has 0 N–H and O–H groups in total. The first-order chi connectivity index (χ1) is 12.1. The minimum atomic E-state index is 0.420. The maximum absolute atomic E-state index is 4.44. The van der Waals surface area contributed by atoms with Crippen molar-refractivity contribution in [3.8, 4) is 0 Å². The summed E-state index contributed by atoms with van der Waals surface area (Å²) in [5.74, 6) is 2.91. The average molecular weight is 340 g/mol. The Morgan fingerprint density at radius 3 is 2.84 bits per heavy atom. The van der Waals surface area contributed by atoms with E-state index in [0.717, 1.165) is 25.5 Å². The average Bonchev–Trinajstić information content (AvgIpc) is 3.24. The molecule has 0 radical (unpaired) electrons. The minimum Gasteiger partial charge on any atom is -0.317 e. The molecule has 1 saturated heterocycles. The summed E-state index contributed by atoms with van der Waals surface area (Å²) in [7, 11) is 4.33. The molecule has 0 spiro atoms. The summed E-state index contributed by atoms with van der Waals surface area (Å²) >= 11 is 0. The van der Waals surface area contributed by atoms with E-state index in [2.05, 4.69) is 56.6 Å². The van der Waals surface area contributed by atoms with Crippen LogP contribution in [-0.4, -0.2) is 55.7 Å². The van der Waals surface area contributed by atoms with Crippen LogP contribution in [0.15, 0.2) is 24.5 Å². The van der Waals surface area contributed by atoms with Crippen molar-refractivity contribution in [1.29, 1.82) is 0 Å². The first kappa shape index (κ1) is 16.7. The van der Waals surface area contributed by atoms with E-state index in [1.54, 1.807) is 0 Å². The van der Waals surface area contributed by atoms with Crippen molar-refractivity contribution in [2.24, 2.45) is 7.05 Å². The quantitative estimate of drug-likeness (QED) is 0.808. The number of rotatable bonds is 6. The summed E-state index contributed by atoms with van der Waals surface area (Å²) in [6, 6.07) is 5.19. The van der Waals surface area contributed by atoms with Crippen LogP contribution in [0.3, 0.4) is 0 Å². The summed E-state index contributed by atoms with van der Waals surface area (Å²) < 4.78 is 2.21. The molecule has 0 aromatic carbocycles. The molecule has 2 aromatic rings. The second-order valence-corrected chi connectivity index (χ2v) is 7.62. The Hall–Kier alpha value is -1.79. The second-order valence-electron chi connectivity index (χ2n) is 7.62. The Morgan fingerprint density at radius 1 is 1.28 bits per heavy atom. The lowest BCUT2D eigenvalue weighted by Crippen LogP contribution is -2.35. The SMILES string of the molecule is C[C@@H](c1cccnc1)N1CC[C@@H](N(C)Cc2nnc(C3CC3)n2C)C1. The van der Waals surface area contributed by atoms with Gasteiger partial charge in [-0.2, -0.15) is 0 Å². The first-order valence-corrected chi connectivity index (χ1v) is 9.36. The Labute approximate surface area is 149 Å². The highest BCUT2D eigenvalue weighted by Crippen LogP contribution is 2.38. The lowest BCUT2D eigenvalue weighted by molar-refractivity contribution is 0.199. The van der Waals surface area contributed by atoms with Crippen molar-refractivity contribution in [2.75, 3.05) is 20.1 Å². The van der Waals surface area contributed by atoms with Gasteiger partial charge in [-0.3, -0.25) is 14.8 Å². The van der Waals surface area contributed by atoms with Gasteiger partial charge in [-0.05, 0) is 44.9 Å². The van der Waals surface area contributed by atoms with Crippen LogP contribution in [0.2, 0.25) is 0 Å². The molecule has 1 aliphatic carbocycles. The zero-order chi connectivity index (χ0) is 17.4. The number of likely N-dealkylation sites (N-methyl/N-ethyl adjacent to an activating group) is 1. The lowest BCUT2D eigenvalue weighted by atomic mass is 10.1. The highest BCUT2D eigenvalue weighted by molar-refractivity contribution is 5.14. The van der Waals surface area contributed by atoms with Crippen molar-refractivity contribution in [1.82, 2.24) is 29.5 Å². The van der Waals surface area contributed by atoms with Gasteiger partial charge in [-0.15, -0.1) is 10.2 Å². The summed E-state index contributed by atoms with van der Waals surface area (Å²) in [5.41, 5.74) is 1.30. The number of nitrogens with zero attached hydrogens (tertiary/aromatic N) is 6. The first-order valence-electron chi connectivity index (χ1n) is 9.36. The molecule has 6 nitrogen and oxygen atoms in total. The Balaban J connectivity index is 1.36. The fourth-order valence-corrected chi connectivity index (χ4v) is 3.88. The van der Waals surface area contributed by atoms with E-state index in [4.69, 9.17) is 0 Å². The molecule has 4 rings (SSSR count). The number of likely N-dealkylation sites (tertiary alicyclic amines) is 1. The molecular formula is C19H28N6. The fraction of sp³-hybridized carbons (Fsp3) is 0.632. The Bertz CT molecular complexity index is 708. The molecular weight excluding hydrogens is 312 g/mol. The molecule has 2 fully saturated rings. The van der Waals surface area contributed by atoms with E-state index < -0.39 is 0 Å². The van der Waals surface area contributed by atoms with Crippen LogP contribution >= 0.6 is 0 Å². The highest BCUT2D eigenvalue weighted by Gasteiger charge is 2.32. The molecule has 3 heterocycles. The van der Waals surface area contributed by atoms with E-state index in [1.165, 1.54) is 30.7 Å². The monoisotopic (exact) mass is 340 g/mol.